The van der Waals surface area contributed by atoms with E-state index in [4.69, 9.17) is 4.74 Å². The Bertz CT molecular complexity index is 1090. The molecule has 0 aliphatic rings. The third-order valence-electron chi connectivity index (χ3n) is 4.09. The molecule has 8 nitrogen and oxygen atoms in total. The number of fused-ring (bicyclic) bond motifs is 3. The first kappa shape index (κ1) is 19.5. The molecule has 0 fully saturated rings. The van der Waals surface area contributed by atoms with Gasteiger partial charge in [0.25, 0.3) is 0 Å². The van der Waals surface area contributed by atoms with Crippen LogP contribution in [0.4, 0.5) is 0 Å². The number of phenolic OH excluding ortho intramolecular Hbond substituents is 1. The van der Waals surface area contributed by atoms with Crippen LogP contribution in [0.3, 0.4) is 0 Å². The van der Waals surface area contributed by atoms with Gasteiger partial charge in [0.15, 0.2) is 0 Å². The van der Waals surface area contributed by atoms with Gasteiger partial charge in [-0.15, -0.1) is 0 Å². The summed E-state index contributed by atoms with van der Waals surface area (Å²) in [5.74, 6) is 0.826. The zero-order chi connectivity index (χ0) is 19.8. The summed E-state index contributed by atoms with van der Waals surface area (Å²) in [6.45, 7) is 6.75. The molecule has 0 saturated heterocycles. The van der Waals surface area contributed by atoms with Crippen molar-refractivity contribution in [2.45, 2.75) is 39.5 Å². The summed E-state index contributed by atoms with van der Waals surface area (Å²) >= 11 is 0. The number of aromatic nitrogens is 3. The molecule has 0 unspecified atom stereocenters. The predicted octanol–water partition coefficient (Wildman–Crippen LogP) is 2.15. The van der Waals surface area contributed by atoms with Crippen molar-refractivity contribution in [2.75, 3.05) is 12.9 Å². The molecule has 2 heterocycles. The number of pyridine rings is 1. The lowest BCUT2D eigenvalue weighted by Gasteiger charge is -2.27. The summed E-state index contributed by atoms with van der Waals surface area (Å²) < 4.78 is 33.7. The van der Waals surface area contributed by atoms with E-state index < -0.39 is 15.6 Å². The van der Waals surface area contributed by atoms with E-state index in [1.807, 2.05) is 25.3 Å². The lowest BCUT2D eigenvalue weighted by molar-refractivity contribution is 0.125. The van der Waals surface area contributed by atoms with E-state index in [1.165, 1.54) is 0 Å². The van der Waals surface area contributed by atoms with Crippen LogP contribution in [-0.2, 0) is 27.9 Å². The SMILES string of the molecule is CCOCc1nc2cnc3cc(O)ccc3c2n1CC(C)(C)NS(C)(=O)=O. The Kier molecular flexibility index (Phi) is 5.11. The lowest BCUT2D eigenvalue weighted by atomic mass is 10.1. The fraction of sp³-hybridized carbons (Fsp3) is 0.444. The zero-order valence-electron chi connectivity index (χ0n) is 15.9. The minimum Gasteiger partial charge on any atom is -0.508 e. The second-order valence-corrected chi connectivity index (χ2v) is 8.95. The number of aromatic hydroxyl groups is 1. The van der Waals surface area contributed by atoms with Crippen LogP contribution in [0.1, 0.15) is 26.6 Å². The Hall–Kier alpha value is -2.23. The van der Waals surface area contributed by atoms with Crippen molar-refractivity contribution in [1.82, 2.24) is 19.3 Å². The number of sulfonamides is 1. The van der Waals surface area contributed by atoms with Crippen LogP contribution in [0.5, 0.6) is 5.75 Å². The van der Waals surface area contributed by atoms with Crippen LogP contribution in [0.15, 0.2) is 24.4 Å². The second kappa shape index (κ2) is 7.06. The molecule has 0 radical (unpaired) electrons. The number of phenols is 1. The highest BCUT2D eigenvalue weighted by Gasteiger charge is 2.26. The molecule has 27 heavy (non-hydrogen) atoms. The summed E-state index contributed by atoms with van der Waals surface area (Å²) in [6, 6.07) is 4.98. The van der Waals surface area contributed by atoms with Crippen molar-refractivity contribution in [3.8, 4) is 5.75 Å². The number of imidazole rings is 1. The monoisotopic (exact) mass is 392 g/mol. The number of ether oxygens (including phenoxy) is 1. The molecule has 0 saturated carbocycles. The van der Waals surface area contributed by atoms with Gasteiger partial charge in [-0.05, 0) is 32.9 Å². The summed E-state index contributed by atoms with van der Waals surface area (Å²) in [5, 5.41) is 10.6. The Morgan fingerprint density at radius 3 is 2.70 bits per heavy atom. The maximum atomic E-state index is 11.7. The minimum atomic E-state index is -3.38. The molecular formula is C18H24N4O4S. The smallest absolute Gasteiger partial charge is 0.209 e. The molecule has 0 atom stereocenters. The fourth-order valence-electron chi connectivity index (χ4n) is 3.25. The van der Waals surface area contributed by atoms with Gasteiger partial charge in [0, 0.05) is 30.1 Å². The van der Waals surface area contributed by atoms with E-state index in [1.54, 1.807) is 24.4 Å². The predicted molar refractivity (Wildman–Crippen MR) is 104 cm³/mol. The molecule has 0 aliphatic carbocycles. The Labute approximate surface area is 158 Å². The molecule has 3 rings (SSSR count). The van der Waals surface area contributed by atoms with Gasteiger partial charge in [-0.2, -0.15) is 0 Å². The zero-order valence-corrected chi connectivity index (χ0v) is 16.7. The Morgan fingerprint density at radius 2 is 2.04 bits per heavy atom. The number of nitrogens with one attached hydrogen (secondary N) is 1. The molecule has 146 valence electrons. The van der Waals surface area contributed by atoms with E-state index >= 15 is 0 Å². The second-order valence-electron chi connectivity index (χ2n) is 7.20. The van der Waals surface area contributed by atoms with Crippen LogP contribution in [-0.4, -0.2) is 46.5 Å². The first-order valence-corrected chi connectivity index (χ1v) is 10.5. The van der Waals surface area contributed by atoms with Crippen molar-refractivity contribution in [3.05, 3.63) is 30.2 Å². The lowest BCUT2D eigenvalue weighted by Crippen LogP contribution is -2.46. The Morgan fingerprint density at radius 1 is 1.30 bits per heavy atom. The van der Waals surface area contributed by atoms with Crippen molar-refractivity contribution in [1.29, 1.82) is 0 Å². The van der Waals surface area contributed by atoms with Crippen molar-refractivity contribution >= 4 is 32.0 Å². The number of nitrogens with zero attached hydrogens (tertiary/aromatic N) is 3. The van der Waals surface area contributed by atoms with Crippen molar-refractivity contribution < 1.29 is 18.3 Å². The fourth-order valence-corrected chi connectivity index (χ4v) is 4.32. The topological polar surface area (TPSA) is 106 Å². The minimum absolute atomic E-state index is 0.133. The third-order valence-corrected chi connectivity index (χ3v) is 5.01. The van der Waals surface area contributed by atoms with Crippen LogP contribution in [0, 0.1) is 0 Å². The quantitative estimate of drug-likeness (QED) is 0.638. The highest BCUT2D eigenvalue weighted by atomic mass is 32.2. The molecule has 1 aromatic carbocycles. The number of benzene rings is 1. The van der Waals surface area contributed by atoms with E-state index in [-0.39, 0.29) is 5.75 Å². The van der Waals surface area contributed by atoms with Gasteiger partial charge in [0.1, 0.15) is 23.7 Å². The van der Waals surface area contributed by atoms with Crippen molar-refractivity contribution in [2.24, 2.45) is 0 Å². The van der Waals surface area contributed by atoms with Gasteiger partial charge >= 0.3 is 0 Å². The molecule has 0 bridgehead atoms. The van der Waals surface area contributed by atoms with Gasteiger partial charge in [-0.1, -0.05) is 0 Å². The van der Waals surface area contributed by atoms with E-state index in [0.717, 1.165) is 17.2 Å². The first-order valence-electron chi connectivity index (χ1n) is 8.63. The molecule has 0 spiro atoms. The number of hydrogen-bond acceptors (Lipinski definition) is 6. The molecule has 2 N–H and O–H groups in total. The number of rotatable bonds is 7. The van der Waals surface area contributed by atoms with Gasteiger partial charge in [-0.3, -0.25) is 4.98 Å². The number of hydrogen-bond donors (Lipinski definition) is 2. The standard InChI is InChI=1S/C18H24N4O4S/c1-5-26-10-16-20-15-9-19-14-8-12(23)6-7-13(14)17(15)22(16)11-18(2,3)21-27(4,24)25/h6-9,21,23H,5,10-11H2,1-4H3. The van der Waals surface area contributed by atoms with Gasteiger partial charge in [0.2, 0.25) is 10.0 Å². The molecule has 0 amide bonds. The summed E-state index contributed by atoms with van der Waals surface area (Å²) in [6.07, 6.45) is 2.80. The average Bonchev–Trinajstić information content (AvgIpc) is 2.87. The van der Waals surface area contributed by atoms with Gasteiger partial charge in [0.05, 0.1) is 23.5 Å². The Balaban J connectivity index is 2.20. The maximum Gasteiger partial charge on any atom is 0.209 e. The van der Waals surface area contributed by atoms with Crippen molar-refractivity contribution in [3.63, 3.8) is 0 Å². The highest BCUT2D eigenvalue weighted by molar-refractivity contribution is 7.88. The largest absolute Gasteiger partial charge is 0.508 e. The molecule has 2 aromatic heterocycles. The van der Waals surface area contributed by atoms with Crippen LogP contribution < -0.4 is 4.72 Å². The van der Waals surface area contributed by atoms with E-state index in [9.17, 15) is 13.5 Å². The summed E-state index contributed by atoms with van der Waals surface area (Å²) in [4.78, 5) is 9.01. The molecule has 9 heteroatoms. The first-order chi connectivity index (χ1) is 12.6. The van der Waals surface area contributed by atoms with Crippen LogP contribution in [0.25, 0.3) is 21.9 Å². The van der Waals surface area contributed by atoms with E-state index in [2.05, 4.69) is 14.7 Å². The molecular weight excluding hydrogens is 368 g/mol. The van der Waals surface area contributed by atoms with E-state index in [0.29, 0.717) is 36.6 Å². The van der Waals surface area contributed by atoms with Gasteiger partial charge in [-0.25, -0.2) is 18.1 Å². The maximum absolute atomic E-state index is 11.7. The molecule has 0 aliphatic heterocycles. The third kappa shape index (κ3) is 4.37. The average molecular weight is 392 g/mol. The molecule has 3 aromatic rings. The summed E-state index contributed by atoms with van der Waals surface area (Å²) in [5.41, 5.74) is 1.42. The summed E-state index contributed by atoms with van der Waals surface area (Å²) in [7, 11) is -3.38. The highest BCUT2D eigenvalue weighted by Crippen LogP contribution is 2.28. The van der Waals surface area contributed by atoms with Crippen LogP contribution >= 0.6 is 0 Å². The van der Waals surface area contributed by atoms with Gasteiger partial charge < -0.3 is 14.4 Å². The normalized spacial score (nSPS) is 12.9. The van der Waals surface area contributed by atoms with Crippen LogP contribution in [0.2, 0.25) is 0 Å².